The molecule has 0 aromatic heterocycles. The van der Waals surface area contributed by atoms with Crippen molar-refractivity contribution in [3.63, 3.8) is 0 Å². The second-order valence-electron chi connectivity index (χ2n) is 10.8. The van der Waals surface area contributed by atoms with Crippen LogP contribution in [0, 0.1) is 5.92 Å². The first kappa shape index (κ1) is 25.8. The van der Waals surface area contributed by atoms with Crippen LogP contribution in [-0.2, 0) is 10.2 Å². The zero-order valence-electron chi connectivity index (χ0n) is 23.1. The highest BCUT2D eigenvalue weighted by Crippen LogP contribution is 2.58. The standard InChI is InChI=1S/C35H28N2O5/c1-41-24-17-14-22(15-18-24)32(38)30-31(33(39)23-9-7-10-25(20-23)42-2)37-28-13-6-3-8-21(28)16-19-29(37)35(30)26-11-4-5-12-27(26)36-34(35)40/h3-20,29-31H,1-2H3,(H,36,40)/t29-,30+,31-,35-/m1/s1. The highest BCUT2D eigenvalue weighted by Gasteiger charge is 2.70. The van der Waals surface area contributed by atoms with Crippen molar-refractivity contribution in [3.8, 4) is 11.5 Å². The molecular formula is C35H28N2O5. The smallest absolute Gasteiger partial charge is 0.238 e. The Morgan fingerprint density at radius 1 is 0.786 bits per heavy atom. The number of amides is 1. The number of benzene rings is 4. The summed E-state index contributed by atoms with van der Waals surface area (Å²) in [5, 5.41) is 3.06. The van der Waals surface area contributed by atoms with Crippen LogP contribution in [-0.4, -0.2) is 43.8 Å². The van der Waals surface area contributed by atoms with Crippen LogP contribution in [0.15, 0.2) is 103 Å². The molecule has 7 nitrogen and oxygen atoms in total. The van der Waals surface area contributed by atoms with Crippen LogP contribution in [0.1, 0.15) is 31.8 Å². The topological polar surface area (TPSA) is 84.9 Å². The summed E-state index contributed by atoms with van der Waals surface area (Å²) in [5.74, 6) is -0.749. The summed E-state index contributed by atoms with van der Waals surface area (Å²) >= 11 is 0. The monoisotopic (exact) mass is 556 g/mol. The van der Waals surface area contributed by atoms with Gasteiger partial charge in [0.15, 0.2) is 11.6 Å². The predicted octanol–water partition coefficient (Wildman–Crippen LogP) is 5.56. The Morgan fingerprint density at radius 2 is 1.52 bits per heavy atom. The van der Waals surface area contributed by atoms with E-state index in [0.29, 0.717) is 33.9 Å². The number of rotatable bonds is 6. The normalized spacial score (nSPS) is 23.1. The first-order chi connectivity index (χ1) is 20.5. The van der Waals surface area contributed by atoms with Crippen molar-refractivity contribution in [3.05, 3.63) is 125 Å². The molecule has 3 aliphatic rings. The van der Waals surface area contributed by atoms with Crippen molar-refractivity contribution in [2.75, 3.05) is 24.4 Å². The van der Waals surface area contributed by atoms with Crippen molar-refractivity contribution < 1.29 is 23.9 Å². The number of nitrogens with one attached hydrogen (secondary N) is 1. The molecule has 1 spiro atoms. The van der Waals surface area contributed by atoms with Crippen molar-refractivity contribution in [1.82, 2.24) is 0 Å². The highest BCUT2D eigenvalue weighted by molar-refractivity contribution is 6.18. The molecule has 1 saturated heterocycles. The zero-order chi connectivity index (χ0) is 29.0. The van der Waals surface area contributed by atoms with Crippen molar-refractivity contribution in [2.45, 2.75) is 17.5 Å². The first-order valence-corrected chi connectivity index (χ1v) is 13.8. The van der Waals surface area contributed by atoms with Gasteiger partial charge in [-0.25, -0.2) is 0 Å². The van der Waals surface area contributed by atoms with Gasteiger partial charge in [-0.3, -0.25) is 14.4 Å². The summed E-state index contributed by atoms with van der Waals surface area (Å²) in [6.07, 6.45) is 3.96. The van der Waals surface area contributed by atoms with E-state index in [2.05, 4.69) is 5.32 Å². The summed E-state index contributed by atoms with van der Waals surface area (Å²) in [6.45, 7) is 0. The molecule has 0 aliphatic carbocycles. The zero-order valence-corrected chi connectivity index (χ0v) is 23.1. The minimum atomic E-state index is -1.36. The SMILES string of the molecule is COc1ccc(C(=O)[C@@H]2[C@H](C(=O)c3cccc(OC)c3)N3c4ccccc4C=C[C@@H]3[C@@]23C(=O)Nc2ccccc23)cc1. The number of Topliss-reactive ketones (excluding diaryl/α,β-unsaturated/α-hetero) is 2. The molecule has 4 aromatic rings. The predicted molar refractivity (Wildman–Crippen MR) is 160 cm³/mol. The maximum absolute atomic E-state index is 14.8. The van der Waals surface area contributed by atoms with Crippen molar-refractivity contribution in [2.24, 2.45) is 5.92 Å². The summed E-state index contributed by atoms with van der Waals surface area (Å²) < 4.78 is 10.8. The van der Waals surface area contributed by atoms with Crippen LogP contribution < -0.4 is 19.7 Å². The lowest BCUT2D eigenvalue weighted by Crippen LogP contribution is -2.51. The average Bonchev–Trinajstić information content (AvgIpc) is 3.52. The van der Waals surface area contributed by atoms with Gasteiger partial charge >= 0.3 is 0 Å². The molecule has 4 atom stereocenters. The van der Waals surface area contributed by atoms with Gasteiger partial charge in [-0.15, -0.1) is 0 Å². The van der Waals surface area contributed by atoms with Crippen LogP contribution in [0.4, 0.5) is 11.4 Å². The molecule has 208 valence electrons. The number of para-hydroxylation sites is 2. The number of nitrogens with zero attached hydrogens (tertiary/aromatic N) is 1. The average molecular weight is 557 g/mol. The lowest BCUT2D eigenvalue weighted by molar-refractivity contribution is -0.121. The van der Waals surface area contributed by atoms with Gasteiger partial charge in [0.2, 0.25) is 5.91 Å². The fraction of sp³-hybridized carbons (Fsp3) is 0.171. The minimum Gasteiger partial charge on any atom is -0.497 e. The number of carbonyl (C=O) groups is 3. The minimum absolute atomic E-state index is 0.259. The van der Waals surface area contributed by atoms with E-state index in [-0.39, 0.29) is 17.5 Å². The Balaban J connectivity index is 1.52. The van der Waals surface area contributed by atoms with Crippen LogP contribution in [0.5, 0.6) is 11.5 Å². The van der Waals surface area contributed by atoms with E-state index < -0.39 is 23.4 Å². The Hall–Kier alpha value is -5.17. The Labute approximate surface area is 243 Å². The van der Waals surface area contributed by atoms with Gasteiger partial charge in [0.1, 0.15) is 23.0 Å². The molecule has 0 unspecified atom stereocenters. The molecule has 0 radical (unpaired) electrons. The fourth-order valence-corrected chi connectivity index (χ4v) is 7.00. The molecule has 0 bridgehead atoms. The maximum Gasteiger partial charge on any atom is 0.238 e. The molecule has 4 aromatic carbocycles. The number of hydrogen-bond acceptors (Lipinski definition) is 6. The van der Waals surface area contributed by atoms with Crippen molar-refractivity contribution >= 4 is 34.9 Å². The Morgan fingerprint density at radius 3 is 2.31 bits per heavy atom. The first-order valence-electron chi connectivity index (χ1n) is 13.8. The number of anilines is 2. The second-order valence-corrected chi connectivity index (χ2v) is 10.8. The molecular weight excluding hydrogens is 528 g/mol. The summed E-state index contributed by atoms with van der Waals surface area (Å²) in [6, 6.07) is 27.4. The largest absolute Gasteiger partial charge is 0.497 e. The summed E-state index contributed by atoms with van der Waals surface area (Å²) in [4.78, 5) is 46.0. The Kier molecular flexibility index (Phi) is 5.97. The molecule has 7 heteroatoms. The number of hydrogen-bond donors (Lipinski definition) is 1. The molecule has 1 fully saturated rings. The fourth-order valence-electron chi connectivity index (χ4n) is 7.00. The molecule has 7 rings (SSSR count). The van der Waals surface area contributed by atoms with E-state index in [1.807, 2.05) is 65.6 Å². The molecule has 1 N–H and O–H groups in total. The van der Waals surface area contributed by atoms with Crippen LogP contribution >= 0.6 is 0 Å². The van der Waals surface area contributed by atoms with Gasteiger partial charge in [0.05, 0.1) is 26.2 Å². The molecule has 3 aliphatic heterocycles. The Bertz CT molecular complexity index is 1780. The molecule has 42 heavy (non-hydrogen) atoms. The number of carbonyl (C=O) groups excluding carboxylic acids is 3. The van der Waals surface area contributed by atoms with E-state index in [9.17, 15) is 14.4 Å². The van der Waals surface area contributed by atoms with E-state index >= 15 is 0 Å². The summed E-state index contributed by atoms with van der Waals surface area (Å²) in [5.41, 5.74) is 2.51. The van der Waals surface area contributed by atoms with Crippen LogP contribution in [0.2, 0.25) is 0 Å². The number of methoxy groups -OCH3 is 2. The number of fused-ring (bicyclic) bond motifs is 6. The molecule has 1 amide bonds. The third kappa shape index (κ3) is 3.56. The van der Waals surface area contributed by atoms with E-state index in [1.54, 1.807) is 62.8 Å². The van der Waals surface area contributed by atoms with Gasteiger partial charge in [0, 0.05) is 22.5 Å². The van der Waals surface area contributed by atoms with Gasteiger partial charge in [0.25, 0.3) is 0 Å². The number of ether oxygens (including phenoxy) is 2. The van der Waals surface area contributed by atoms with Crippen LogP contribution in [0.3, 0.4) is 0 Å². The van der Waals surface area contributed by atoms with Crippen molar-refractivity contribution in [1.29, 1.82) is 0 Å². The van der Waals surface area contributed by atoms with Crippen LogP contribution in [0.25, 0.3) is 6.08 Å². The molecule has 3 heterocycles. The van der Waals surface area contributed by atoms with Gasteiger partial charge in [-0.1, -0.05) is 60.7 Å². The second kappa shape index (κ2) is 9.73. The van der Waals surface area contributed by atoms with Gasteiger partial charge in [-0.05, 0) is 59.7 Å². The lowest BCUT2D eigenvalue weighted by Gasteiger charge is -2.37. The third-order valence-corrected chi connectivity index (χ3v) is 8.82. The maximum atomic E-state index is 14.8. The molecule has 0 saturated carbocycles. The third-order valence-electron chi connectivity index (χ3n) is 8.82. The highest BCUT2D eigenvalue weighted by atomic mass is 16.5. The number of ketones is 2. The summed E-state index contributed by atoms with van der Waals surface area (Å²) in [7, 11) is 3.11. The lowest BCUT2D eigenvalue weighted by atomic mass is 9.64. The van der Waals surface area contributed by atoms with E-state index in [1.165, 1.54) is 0 Å². The quantitative estimate of drug-likeness (QED) is 0.313. The van der Waals surface area contributed by atoms with E-state index in [4.69, 9.17) is 9.47 Å². The van der Waals surface area contributed by atoms with Gasteiger partial charge in [-0.2, -0.15) is 0 Å². The van der Waals surface area contributed by atoms with E-state index in [0.717, 1.165) is 11.3 Å². The van der Waals surface area contributed by atoms with Gasteiger partial charge < -0.3 is 19.7 Å².